The maximum absolute atomic E-state index is 4.73. The fourth-order valence-corrected chi connectivity index (χ4v) is 3.93. The maximum atomic E-state index is 4.73. The highest BCUT2D eigenvalue weighted by Crippen LogP contribution is 2.30. The SMILES string of the molecule is CCC1(CC)CSC(=NC(C)c2nccs2)N1. The maximum Gasteiger partial charge on any atom is 0.157 e. The summed E-state index contributed by atoms with van der Waals surface area (Å²) in [6.07, 6.45) is 4.15. The zero-order valence-electron chi connectivity index (χ0n) is 10.6. The lowest BCUT2D eigenvalue weighted by atomic mass is 9.96. The second-order valence-electron chi connectivity index (χ2n) is 4.38. The average Bonchev–Trinajstić information content (AvgIpc) is 2.98. The normalized spacial score (nSPS) is 22.6. The molecule has 1 saturated heterocycles. The van der Waals surface area contributed by atoms with E-state index in [0.717, 1.165) is 28.8 Å². The van der Waals surface area contributed by atoms with Gasteiger partial charge in [-0.05, 0) is 19.8 Å². The summed E-state index contributed by atoms with van der Waals surface area (Å²) in [4.78, 5) is 9.04. The molecule has 2 rings (SSSR count). The van der Waals surface area contributed by atoms with Crippen LogP contribution in [0.15, 0.2) is 16.6 Å². The van der Waals surface area contributed by atoms with Gasteiger partial charge >= 0.3 is 0 Å². The molecule has 5 heteroatoms. The number of rotatable bonds is 4. The fourth-order valence-electron chi connectivity index (χ4n) is 1.88. The van der Waals surface area contributed by atoms with Crippen molar-refractivity contribution in [2.24, 2.45) is 4.99 Å². The van der Waals surface area contributed by atoms with Crippen molar-refractivity contribution < 1.29 is 0 Å². The summed E-state index contributed by atoms with van der Waals surface area (Å²) >= 11 is 3.51. The number of amidine groups is 1. The summed E-state index contributed by atoms with van der Waals surface area (Å²) < 4.78 is 0. The molecule has 0 aliphatic carbocycles. The monoisotopic (exact) mass is 269 g/mol. The molecule has 2 heterocycles. The van der Waals surface area contributed by atoms with E-state index < -0.39 is 0 Å². The standard InChI is InChI=1S/C12H19N3S2/c1-4-12(5-2)8-17-11(15-12)14-9(3)10-13-6-7-16-10/h6-7,9H,4-5,8H2,1-3H3,(H,14,15). The topological polar surface area (TPSA) is 37.3 Å². The first kappa shape index (κ1) is 12.9. The molecule has 1 unspecified atom stereocenters. The van der Waals surface area contributed by atoms with Gasteiger partial charge in [-0.15, -0.1) is 11.3 Å². The number of nitrogens with zero attached hydrogens (tertiary/aromatic N) is 2. The molecule has 94 valence electrons. The minimum absolute atomic E-state index is 0.162. The lowest BCUT2D eigenvalue weighted by molar-refractivity contribution is 0.407. The molecular formula is C12H19N3S2. The number of nitrogens with one attached hydrogen (secondary N) is 1. The molecule has 1 aliphatic rings. The molecule has 0 aromatic carbocycles. The van der Waals surface area contributed by atoms with Gasteiger partial charge < -0.3 is 5.32 Å². The first-order chi connectivity index (χ1) is 8.19. The van der Waals surface area contributed by atoms with Gasteiger partial charge in [0.15, 0.2) is 5.17 Å². The first-order valence-electron chi connectivity index (χ1n) is 6.07. The van der Waals surface area contributed by atoms with Crippen LogP contribution in [-0.4, -0.2) is 21.4 Å². The van der Waals surface area contributed by atoms with Crippen molar-refractivity contribution in [2.45, 2.75) is 45.2 Å². The minimum Gasteiger partial charge on any atom is -0.359 e. The smallest absolute Gasteiger partial charge is 0.157 e. The van der Waals surface area contributed by atoms with Gasteiger partial charge in [-0.2, -0.15) is 0 Å². The Morgan fingerprint density at radius 1 is 1.53 bits per heavy atom. The van der Waals surface area contributed by atoms with Crippen LogP contribution in [0, 0.1) is 0 Å². The molecule has 1 aliphatic heterocycles. The predicted molar refractivity (Wildman–Crippen MR) is 76.9 cm³/mol. The summed E-state index contributed by atoms with van der Waals surface area (Å²) in [6.45, 7) is 6.58. The van der Waals surface area contributed by atoms with Gasteiger partial charge in [0.2, 0.25) is 0 Å². The molecule has 3 nitrogen and oxygen atoms in total. The molecule has 0 radical (unpaired) electrons. The van der Waals surface area contributed by atoms with Crippen molar-refractivity contribution in [3.05, 3.63) is 16.6 Å². The highest BCUT2D eigenvalue weighted by atomic mass is 32.2. The third kappa shape index (κ3) is 2.83. The second kappa shape index (κ2) is 5.40. The minimum atomic E-state index is 0.162. The van der Waals surface area contributed by atoms with E-state index >= 15 is 0 Å². The Morgan fingerprint density at radius 3 is 2.82 bits per heavy atom. The van der Waals surface area contributed by atoms with Crippen molar-refractivity contribution in [1.29, 1.82) is 0 Å². The van der Waals surface area contributed by atoms with Gasteiger partial charge in [0, 0.05) is 22.9 Å². The Morgan fingerprint density at radius 2 is 2.29 bits per heavy atom. The summed E-state index contributed by atoms with van der Waals surface area (Å²) in [5, 5.41) is 7.76. The van der Waals surface area contributed by atoms with Crippen LogP contribution in [-0.2, 0) is 0 Å². The molecule has 1 aromatic heterocycles. The van der Waals surface area contributed by atoms with Gasteiger partial charge in [-0.1, -0.05) is 25.6 Å². The summed E-state index contributed by atoms with van der Waals surface area (Å²) in [7, 11) is 0. The number of thioether (sulfide) groups is 1. The van der Waals surface area contributed by atoms with E-state index in [-0.39, 0.29) is 11.6 Å². The highest BCUT2D eigenvalue weighted by molar-refractivity contribution is 8.14. The van der Waals surface area contributed by atoms with Crippen LogP contribution < -0.4 is 5.32 Å². The Balaban J connectivity index is 2.05. The molecule has 0 bridgehead atoms. The fraction of sp³-hybridized carbons (Fsp3) is 0.667. The predicted octanol–water partition coefficient (Wildman–Crippen LogP) is 3.46. The molecule has 1 atom stereocenters. The Hall–Kier alpha value is -0.550. The molecule has 0 spiro atoms. The molecule has 1 aromatic rings. The molecule has 1 N–H and O–H groups in total. The first-order valence-corrected chi connectivity index (χ1v) is 7.94. The quantitative estimate of drug-likeness (QED) is 0.909. The largest absolute Gasteiger partial charge is 0.359 e. The summed E-state index contributed by atoms with van der Waals surface area (Å²) in [5.74, 6) is 1.13. The van der Waals surface area contributed by atoms with Crippen LogP contribution in [0.1, 0.15) is 44.7 Å². The highest BCUT2D eigenvalue weighted by Gasteiger charge is 2.33. The van der Waals surface area contributed by atoms with E-state index in [4.69, 9.17) is 4.99 Å². The van der Waals surface area contributed by atoms with E-state index in [1.165, 1.54) is 0 Å². The lowest BCUT2D eigenvalue weighted by Crippen LogP contribution is -2.42. The Labute approximate surface area is 111 Å². The molecule has 17 heavy (non-hydrogen) atoms. The summed E-state index contributed by atoms with van der Waals surface area (Å²) in [5.41, 5.74) is 0.256. The lowest BCUT2D eigenvalue weighted by Gasteiger charge is -2.25. The van der Waals surface area contributed by atoms with E-state index in [9.17, 15) is 0 Å². The van der Waals surface area contributed by atoms with Gasteiger partial charge in [0.05, 0.1) is 0 Å². The Kier molecular flexibility index (Phi) is 4.09. The van der Waals surface area contributed by atoms with Crippen LogP contribution in [0.4, 0.5) is 0 Å². The number of aliphatic imine (C=N–C) groups is 1. The molecule has 1 fully saturated rings. The van der Waals surface area contributed by atoms with Crippen molar-refractivity contribution >= 4 is 28.3 Å². The number of thiazole rings is 1. The number of hydrogen-bond acceptors (Lipinski definition) is 4. The molecule has 0 saturated carbocycles. The Bertz CT molecular complexity index is 382. The number of hydrogen-bond donors (Lipinski definition) is 1. The van der Waals surface area contributed by atoms with Gasteiger partial charge in [0.25, 0.3) is 0 Å². The van der Waals surface area contributed by atoms with Gasteiger partial charge in [0.1, 0.15) is 11.0 Å². The van der Waals surface area contributed by atoms with Crippen molar-refractivity contribution in [3.63, 3.8) is 0 Å². The van der Waals surface area contributed by atoms with Crippen LogP contribution in [0.5, 0.6) is 0 Å². The third-order valence-electron chi connectivity index (χ3n) is 3.33. The number of aromatic nitrogens is 1. The van der Waals surface area contributed by atoms with Crippen LogP contribution >= 0.6 is 23.1 Å². The molecular weight excluding hydrogens is 250 g/mol. The van der Waals surface area contributed by atoms with E-state index in [1.54, 1.807) is 11.3 Å². The zero-order valence-corrected chi connectivity index (χ0v) is 12.2. The van der Waals surface area contributed by atoms with Crippen LogP contribution in [0.25, 0.3) is 0 Å². The van der Waals surface area contributed by atoms with E-state index in [1.807, 2.05) is 23.3 Å². The van der Waals surface area contributed by atoms with Crippen molar-refractivity contribution in [1.82, 2.24) is 10.3 Å². The zero-order chi connectivity index (χ0) is 12.3. The third-order valence-corrected chi connectivity index (χ3v) is 5.45. The van der Waals surface area contributed by atoms with Gasteiger partial charge in [-0.3, -0.25) is 4.99 Å². The van der Waals surface area contributed by atoms with Crippen molar-refractivity contribution in [2.75, 3.05) is 5.75 Å². The summed E-state index contributed by atoms with van der Waals surface area (Å²) in [6, 6.07) is 0.162. The van der Waals surface area contributed by atoms with Crippen LogP contribution in [0.3, 0.4) is 0 Å². The van der Waals surface area contributed by atoms with Crippen LogP contribution in [0.2, 0.25) is 0 Å². The van der Waals surface area contributed by atoms with Crippen molar-refractivity contribution in [3.8, 4) is 0 Å². The molecule has 0 amide bonds. The average molecular weight is 269 g/mol. The second-order valence-corrected chi connectivity index (χ2v) is 6.27. The van der Waals surface area contributed by atoms with E-state index in [0.29, 0.717) is 0 Å². The van der Waals surface area contributed by atoms with Gasteiger partial charge in [-0.25, -0.2) is 4.98 Å². The van der Waals surface area contributed by atoms with E-state index in [2.05, 4.69) is 31.1 Å².